The monoisotopic (exact) mass is 535 g/mol. The van der Waals surface area contributed by atoms with Gasteiger partial charge in [0.1, 0.15) is 49.8 Å². The molecule has 3 aliphatic rings. The number of imide groups is 1. The molecule has 2 aromatic rings. The van der Waals surface area contributed by atoms with Crippen LogP contribution < -0.4 is 21.0 Å². The molecule has 2 saturated heterocycles. The Kier molecular flexibility index (Phi) is 7.23. The molecule has 5 rings (SSSR count). The Bertz CT molecular complexity index is 1410. The van der Waals surface area contributed by atoms with Gasteiger partial charge in [0.05, 0.1) is 18.6 Å². The summed E-state index contributed by atoms with van der Waals surface area (Å²) in [5.41, 5.74) is 5.45. The summed E-state index contributed by atoms with van der Waals surface area (Å²) in [5, 5.41) is 1.10. The summed E-state index contributed by atoms with van der Waals surface area (Å²) >= 11 is 0. The van der Waals surface area contributed by atoms with Gasteiger partial charge in [0.2, 0.25) is 17.7 Å². The first-order valence-corrected chi connectivity index (χ1v) is 13.8. The number of fused-ring (bicyclic) bond motifs is 1. The molecule has 1 N–H and O–H groups in total. The molecule has 0 saturated carbocycles. The average Bonchev–Trinajstić information content (AvgIpc) is 3.20. The molecule has 1 unspecified atom stereocenters. The Morgan fingerprint density at radius 1 is 1.02 bits per heavy atom. The predicted octanol–water partition coefficient (Wildman–Crippen LogP) is -6.34. The fourth-order valence-electron chi connectivity index (χ4n) is 6.51. The lowest BCUT2D eigenvalue weighted by molar-refractivity contribution is -0.145. The second kappa shape index (κ2) is 10.3. The number of ether oxygens (including phenoxy) is 2. The lowest BCUT2D eigenvalue weighted by Crippen LogP contribution is -2.59. The van der Waals surface area contributed by atoms with E-state index in [2.05, 4.69) is 48.8 Å². The summed E-state index contributed by atoms with van der Waals surface area (Å²) in [5.74, 6) is -0.407. The third kappa shape index (κ3) is 4.89. The molecule has 0 radical (unpaired) electrons. The number of carbonyl (C=O) groups is 4. The van der Waals surface area contributed by atoms with Crippen molar-refractivity contribution in [3.05, 3.63) is 52.6 Å². The van der Waals surface area contributed by atoms with Gasteiger partial charge in [-0.2, -0.15) is 0 Å². The standard InChI is InChI=1S/C25H31B6N3O6/c26-15-8-12(9-16(27)21(15)24(28,29)34-6-7-39-11-20(34)36)25(30,31)40-18-3-1-2-13-14(18)10-33(23(13)38)17-4-5-19(35)32-22(17)37/h1-3,8-9,17H,4-7,10-11,26-31H2,(H,32,35,37). The summed E-state index contributed by atoms with van der Waals surface area (Å²) in [6.45, 7) is 1.42. The molecule has 3 heterocycles. The minimum atomic E-state index is -0.743. The minimum absolute atomic E-state index is 0.0124. The summed E-state index contributed by atoms with van der Waals surface area (Å²) in [6.07, 6.45) is 0.515. The van der Waals surface area contributed by atoms with E-state index in [4.69, 9.17) is 9.47 Å². The molecule has 40 heavy (non-hydrogen) atoms. The van der Waals surface area contributed by atoms with Crippen molar-refractivity contribution in [1.29, 1.82) is 0 Å². The number of nitrogens with zero attached hydrogens (tertiary/aromatic N) is 2. The van der Waals surface area contributed by atoms with E-state index >= 15 is 0 Å². The van der Waals surface area contributed by atoms with Gasteiger partial charge in [0.15, 0.2) is 15.7 Å². The zero-order valence-electron chi connectivity index (χ0n) is 24.1. The highest BCUT2D eigenvalue weighted by Crippen LogP contribution is 2.36. The quantitative estimate of drug-likeness (QED) is 0.292. The second-order valence-corrected chi connectivity index (χ2v) is 11.9. The summed E-state index contributed by atoms with van der Waals surface area (Å²) in [7, 11) is 12.3. The van der Waals surface area contributed by atoms with E-state index < -0.39 is 22.7 Å². The molecule has 2 aromatic carbocycles. The van der Waals surface area contributed by atoms with Crippen LogP contribution in [0.4, 0.5) is 0 Å². The first-order chi connectivity index (χ1) is 18.8. The highest BCUT2D eigenvalue weighted by Gasteiger charge is 2.41. The maximum Gasteiger partial charge on any atom is 0.255 e. The average molecular weight is 534 g/mol. The van der Waals surface area contributed by atoms with E-state index in [9.17, 15) is 19.2 Å². The predicted molar refractivity (Wildman–Crippen MR) is 166 cm³/mol. The van der Waals surface area contributed by atoms with Crippen LogP contribution in [0.25, 0.3) is 0 Å². The number of hydrogen-bond acceptors (Lipinski definition) is 6. The van der Waals surface area contributed by atoms with E-state index in [1.165, 1.54) is 4.90 Å². The summed E-state index contributed by atoms with van der Waals surface area (Å²) in [6, 6.07) is 8.93. The second-order valence-electron chi connectivity index (χ2n) is 11.9. The van der Waals surface area contributed by atoms with Crippen molar-refractivity contribution in [3.63, 3.8) is 0 Å². The highest BCUT2D eigenvalue weighted by molar-refractivity contribution is 6.48. The van der Waals surface area contributed by atoms with Gasteiger partial charge < -0.3 is 19.3 Å². The van der Waals surface area contributed by atoms with Crippen molar-refractivity contribution in [2.75, 3.05) is 19.8 Å². The van der Waals surface area contributed by atoms with Crippen LogP contribution in [0.2, 0.25) is 0 Å². The van der Waals surface area contributed by atoms with E-state index in [-0.39, 0.29) is 37.3 Å². The van der Waals surface area contributed by atoms with Gasteiger partial charge in [-0.1, -0.05) is 34.7 Å². The molecule has 200 valence electrons. The van der Waals surface area contributed by atoms with Crippen LogP contribution in [0, 0.1) is 0 Å². The Morgan fingerprint density at radius 3 is 2.38 bits per heavy atom. The lowest BCUT2D eigenvalue weighted by Gasteiger charge is -2.44. The Morgan fingerprint density at radius 2 is 1.73 bits per heavy atom. The molecule has 0 aliphatic carbocycles. The van der Waals surface area contributed by atoms with Crippen molar-refractivity contribution >= 4 is 81.6 Å². The maximum atomic E-state index is 13.3. The third-order valence-electron chi connectivity index (χ3n) is 8.40. The summed E-state index contributed by atoms with van der Waals surface area (Å²) < 4.78 is 12.0. The van der Waals surface area contributed by atoms with Crippen LogP contribution in [0.1, 0.15) is 39.9 Å². The molecule has 1 atom stereocenters. The van der Waals surface area contributed by atoms with Gasteiger partial charge in [0, 0.05) is 29.4 Å². The first kappa shape index (κ1) is 28.2. The van der Waals surface area contributed by atoms with E-state index in [1.807, 2.05) is 26.7 Å². The van der Waals surface area contributed by atoms with Crippen molar-refractivity contribution in [3.8, 4) is 5.75 Å². The molecule has 0 aromatic heterocycles. The number of morpholine rings is 1. The fourth-order valence-corrected chi connectivity index (χ4v) is 6.51. The van der Waals surface area contributed by atoms with Crippen LogP contribution in [0.3, 0.4) is 0 Å². The SMILES string of the molecule is Bc1cc(C(B)(B)Oc2cccc3c2CN(C2CCC(=O)NC2=O)C3=O)cc(B)c1C(B)(B)N1CCOCC1=O. The van der Waals surface area contributed by atoms with Crippen LogP contribution in [-0.4, -0.2) is 106 Å². The molecule has 15 heteroatoms. The van der Waals surface area contributed by atoms with Gasteiger partial charge in [0.25, 0.3) is 5.91 Å². The number of nitrogens with one attached hydrogen (secondary N) is 1. The van der Waals surface area contributed by atoms with Crippen LogP contribution >= 0.6 is 0 Å². The van der Waals surface area contributed by atoms with E-state index in [1.54, 1.807) is 12.1 Å². The van der Waals surface area contributed by atoms with Crippen LogP contribution in [-0.2, 0) is 36.4 Å². The number of rotatable bonds is 6. The first-order valence-electron chi connectivity index (χ1n) is 13.8. The topological polar surface area (TPSA) is 105 Å². The molecule has 2 fully saturated rings. The van der Waals surface area contributed by atoms with Crippen LogP contribution in [0.5, 0.6) is 5.75 Å². The molecule has 0 bridgehead atoms. The largest absolute Gasteiger partial charge is 0.501 e. The molecular weight excluding hydrogens is 503 g/mol. The number of amides is 4. The smallest absolute Gasteiger partial charge is 0.255 e. The number of piperidine rings is 1. The normalized spacial score (nSPS) is 19.9. The zero-order chi connectivity index (χ0) is 29.0. The Hall–Kier alpha value is -3.33. The molecule has 0 spiro atoms. The summed E-state index contributed by atoms with van der Waals surface area (Å²) in [4.78, 5) is 53.4. The Labute approximate surface area is 239 Å². The van der Waals surface area contributed by atoms with E-state index in [0.717, 1.165) is 27.6 Å². The van der Waals surface area contributed by atoms with Gasteiger partial charge in [-0.25, -0.2) is 0 Å². The molecule has 4 amide bonds. The Balaban J connectivity index is 1.42. The zero-order valence-corrected chi connectivity index (χ0v) is 24.1. The van der Waals surface area contributed by atoms with Gasteiger partial charge >= 0.3 is 0 Å². The van der Waals surface area contributed by atoms with Gasteiger partial charge in [-0.05, 0) is 24.1 Å². The lowest BCUT2D eigenvalue weighted by atomic mass is 9.51. The maximum absolute atomic E-state index is 13.3. The van der Waals surface area contributed by atoms with Crippen molar-refractivity contribution in [2.24, 2.45) is 0 Å². The molecule has 3 aliphatic heterocycles. The third-order valence-corrected chi connectivity index (χ3v) is 8.40. The van der Waals surface area contributed by atoms with Gasteiger partial charge in [-0.15, -0.1) is 0 Å². The molecular formula is C25H31B6N3O6. The number of benzene rings is 2. The van der Waals surface area contributed by atoms with Gasteiger partial charge in [-0.3, -0.25) is 24.5 Å². The van der Waals surface area contributed by atoms with Crippen molar-refractivity contribution in [2.45, 2.75) is 36.2 Å². The number of hydrogen-bond donors (Lipinski definition) is 1. The van der Waals surface area contributed by atoms with E-state index in [0.29, 0.717) is 30.9 Å². The fraction of sp³-hybridized carbons (Fsp3) is 0.360. The highest BCUT2D eigenvalue weighted by atomic mass is 16.5. The molecule has 9 nitrogen and oxygen atoms in total. The van der Waals surface area contributed by atoms with Crippen molar-refractivity contribution < 1.29 is 28.7 Å². The number of carbonyl (C=O) groups excluding carboxylic acids is 4. The van der Waals surface area contributed by atoms with Crippen LogP contribution in [0.15, 0.2) is 30.3 Å². The minimum Gasteiger partial charge on any atom is -0.501 e. The van der Waals surface area contributed by atoms with Crippen molar-refractivity contribution in [1.82, 2.24) is 15.1 Å².